The molecule has 1 atom stereocenters. The number of sulfonamides is 1. The molecule has 0 spiro atoms. The van der Waals surface area contributed by atoms with E-state index in [1.165, 1.54) is 9.21 Å². The van der Waals surface area contributed by atoms with Gasteiger partial charge in [0.1, 0.15) is 12.6 Å². The van der Waals surface area contributed by atoms with Crippen LogP contribution in [0.3, 0.4) is 0 Å². The van der Waals surface area contributed by atoms with Crippen molar-refractivity contribution >= 4 is 43.5 Å². The van der Waals surface area contributed by atoms with E-state index in [1.54, 1.807) is 36.4 Å². The summed E-state index contributed by atoms with van der Waals surface area (Å²) in [5, 5.41) is 2.98. The zero-order valence-electron chi connectivity index (χ0n) is 25.9. The van der Waals surface area contributed by atoms with Crippen LogP contribution < -0.4 is 9.62 Å². The summed E-state index contributed by atoms with van der Waals surface area (Å²) in [6, 6.07) is 30.0. The van der Waals surface area contributed by atoms with Gasteiger partial charge in [-0.15, -0.1) is 0 Å². The normalized spacial score (nSPS) is 11.9. The van der Waals surface area contributed by atoms with Crippen LogP contribution in [0, 0.1) is 6.92 Å². The van der Waals surface area contributed by atoms with Gasteiger partial charge in [0.15, 0.2) is 0 Å². The van der Waals surface area contributed by atoms with Crippen LogP contribution in [0.2, 0.25) is 0 Å². The molecule has 0 bridgehead atoms. The number of nitrogens with one attached hydrogen (secondary N) is 1. The van der Waals surface area contributed by atoms with E-state index >= 15 is 0 Å². The van der Waals surface area contributed by atoms with Crippen molar-refractivity contribution < 1.29 is 18.0 Å². The maximum atomic E-state index is 14.6. The lowest BCUT2D eigenvalue weighted by Crippen LogP contribution is -2.53. The first-order valence-electron chi connectivity index (χ1n) is 15.2. The molecule has 0 aromatic heterocycles. The number of rotatable bonds is 14. The Hall–Kier alpha value is -3.95. The van der Waals surface area contributed by atoms with E-state index in [0.29, 0.717) is 18.7 Å². The van der Waals surface area contributed by atoms with Crippen molar-refractivity contribution in [3.8, 4) is 0 Å². The highest BCUT2D eigenvalue weighted by Gasteiger charge is 2.35. The smallest absolute Gasteiger partial charge is 0.264 e. The van der Waals surface area contributed by atoms with Crippen LogP contribution in [0.25, 0.3) is 0 Å². The van der Waals surface area contributed by atoms with Crippen LogP contribution in [-0.4, -0.2) is 44.3 Å². The number of nitrogens with zero attached hydrogens (tertiary/aromatic N) is 2. The van der Waals surface area contributed by atoms with Gasteiger partial charge in [0, 0.05) is 24.0 Å². The van der Waals surface area contributed by atoms with Crippen molar-refractivity contribution in [1.82, 2.24) is 10.2 Å². The maximum Gasteiger partial charge on any atom is 0.264 e. The Bertz CT molecular complexity index is 1700. The third-order valence-corrected chi connectivity index (χ3v) is 9.86. The van der Waals surface area contributed by atoms with E-state index in [9.17, 15) is 18.0 Å². The van der Waals surface area contributed by atoms with Crippen molar-refractivity contribution in [1.29, 1.82) is 0 Å². The minimum atomic E-state index is -4.15. The number of halogens is 1. The second kappa shape index (κ2) is 15.9. The summed E-state index contributed by atoms with van der Waals surface area (Å²) >= 11 is 3.52. The lowest BCUT2D eigenvalue weighted by Gasteiger charge is -2.34. The lowest BCUT2D eigenvalue weighted by atomic mass is 10.0. The monoisotopic (exact) mass is 689 g/mol. The number of hydrogen-bond donors (Lipinski definition) is 1. The maximum absolute atomic E-state index is 14.6. The number of benzene rings is 4. The Morgan fingerprint density at radius 2 is 1.51 bits per heavy atom. The molecule has 0 fully saturated rings. The number of para-hydroxylation sites is 1. The zero-order chi connectivity index (χ0) is 32.4. The Labute approximate surface area is 275 Å². The summed E-state index contributed by atoms with van der Waals surface area (Å²) in [5.74, 6) is -0.768. The quantitative estimate of drug-likeness (QED) is 0.160. The summed E-state index contributed by atoms with van der Waals surface area (Å²) in [7, 11) is -4.15. The molecule has 4 aromatic carbocycles. The first kappa shape index (κ1) is 33.9. The molecule has 7 nitrogen and oxygen atoms in total. The van der Waals surface area contributed by atoms with Crippen LogP contribution in [0.1, 0.15) is 42.5 Å². The number of aryl methyl sites for hydroxylation is 2. The van der Waals surface area contributed by atoms with Gasteiger partial charge in [0.2, 0.25) is 11.8 Å². The summed E-state index contributed by atoms with van der Waals surface area (Å²) in [6.45, 7) is 5.90. The fraction of sp³-hybridized carbons (Fsp3) is 0.278. The second-order valence-electron chi connectivity index (χ2n) is 11.0. The predicted octanol–water partition coefficient (Wildman–Crippen LogP) is 6.68. The molecule has 9 heteroatoms. The summed E-state index contributed by atoms with van der Waals surface area (Å²) in [4.78, 5) is 30.0. The fourth-order valence-electron chi connectivity index (χ4n) is 5.16. The molecule has 1 N–H and O–H groups in total. The molecule has 4 aromatic rings. The van der Waals surface area contributed by atoms with Gasteiger partial charge < -0.3 is 10.2 Å². The van der Waals surface area contributed by atoms with Gasteiger partial charge in [-0.3, -0.25) is 13.9 Å². The average Bonchev–Trinajstić information content (AvgIpc) is 3.04. The molecule has 236 valence electrons. The number of carbonyl (C=O) groups is 2. The topological polar surface area (TPSA) is 86.8 Å². The molecule has 2 amide bonds. The van der Waals surface area contributed by atoms with Crippen LogP contribution in [0.5, 0.6) is 0 Å². The standard InChI is InChI=1S/C36H40BrN3O4S/c1-4-22-38-36(42)34(24-28-12-7-6-8-13-28)39(25-29-14-11-16-31(37)23-29)35(41)26-40(33-17-10-9-15-30(33)5-2)45(43,44)32-20-18-27(3)19-21-32/h6-21,23,34H,4-5,22,24-26H2,1-3H3,(H,38,42)/t34-/m0/s1. The Balaban J connectivity index is 1.82. The van der Waals surface area contributed by atoms with Crippen molar-refractivity contribution in [3.05, 3.63) is 130 Å². The Morgan fingerprint density at radius 1 is 0.844 bits per heavy atom. The van der Waals surface area contributed by atoms with E-state index in [2.05, 4.69) is 21.2 Å². The molecular weight excluding hydrogens is 650 g/mol. The highest BCUT2D eigenvalue weighted by molar-refractivity contribution is 9.10. The van der Waals surface area contributed by atoms with Gasteiger partial charge in [-0.2, -0.15) is 0 Å². The molecule has 45 heavy (non-hydrogen) atoms. The average molecular weight is 691 g/mol. The van der Waals surface area contributed by atoms with Gasteiger partial charge in [0.25, 0.3) is 10.0 Å². The highest BCUT2D eigenvalue weighted by atomic mass is 79.9. The molecule has 0 aliphatic heterocycles. The SMILES string of the molecule is CCCNC(=O)[C@H](Cc1ccccc1)N(Cc1cccc(Br)c1)C(=O)CN(c1ccccc1CC)S(=O)(=O)c1ccc(C)cc1. The summed E-state index contributed by atoms with van der Waals surface area (Å²) in [5.41, 5.74) is 3.85. The molecule has 0 aliphatic carbocycles. The van der Waals surface area contributed by atoms with E-state index in [0.717, 1.165) is 33.1 Å². The first-order chi connectivity index (χ1) is 21.6. The zero-order valence-corrected chi connectivity index (χ0v) is 28.4. The molecule has 0 saturated heterocycles. The summed E-state index contributed by atoms with van der Waals surface area (Å²) < 4.78 is 30.6. The third-order valence-electron chi connectivity index (χ3n) is 7.59. The number of amides is 2. The predicted molar refractivity (Wildman–Crippen MR) is 183 cm³/mol. The van der Waals surface area contributed by atoms with E-state index < -0.39 is 28.5 Å². The van der Waals surface area contributed by atoms with Gasteiger partial charge >= 0.3 is 0 Å². The van der Waals surface area contributed by atoms with Gasteiger partial charge in [-0.25, -0.2) is 8.42 Å². The molecule has 0 aliphatic rings. The third kappa shape index (κ3) is 8.83. The van der Waals surface area contributed by atoms with Crippen LogP contribution in [0.15, 0.2) is 112 Å². The lowest BCUT2D eigenvalue weighted by molar-refractivity contribution is -0.140. The van der Waals surface area contributed by atoms with E-state index in [1.807, 2.05) is 87.5 Å². The molecule has 0 heterocycles. The van der Waals surface area contributed by atoms with E-state index in [-0.39, 0.29) is 23.8 Å². The van der Waals surface area contributed by atoms with Gasteiger partial charge in [-0.1, -0.05) is 108 Å². The molecule has 0 radical (unpaired) electrons. The molecule has 0 saturated carbocycles. The van der Waals surface area contributed by atoms with Gasteiger partial charge in [-0.05, 0) is 66.8 Å². The van der Waals surface area contributed by atoms with Crippen LogP contribution in [-0.2, 0) is 39.0 Å². The number of hydrogen-bond acceptors (Lipinski definition) is 4. The van der Waals surface area contributed by atoms with Crippen molar-refractivity contribution in [3.63, 3.8) is 0 Å². The van der Waals surface area contributed by atoms with Crippen molar-refractivity contribution in [2.45, 2.75) is 57.5 Å². The summed E-state index contributed by atoms with van der Waals surface area (Å²) in [6.07, 6.45) is 1.58. The second-order valence-corrected chi connectivity index (χ2v) is 13.7. The highest BCUT2D eigenvalue weighted by Crippen LogP contribution is 2.29. The molecule has 4 rings (SSSR count). The van der Waals surface area contributed by atoms with Gasteiger partial charge in [0.05, 0.1) is 10.6 Å². The fourth-order valence-corrected chi connectivity index (χ4v) is 7.05. The minimum absolute atomic E-state index is 0.0897. The number of carbonyl (C=O) groups excluding carboxylic acids is 2. The first-order valence-corrected chi connectivity index (χ1v) is 17.4. The molecule has 0 unspecified atom stereocenters. The molecular formula is C36H40BrN3O4S. The van der Waals surface area contributed by atoms with Crippen LogP contribution >= 0.6 is 15.9 Å². The minimum Gasteiger partial charge on any atom is -0.354 e. The van der Waals surface area contributed by atoms with Crippen molar-refractivity contribution in [2.24, 2.45) is 0 Å². The van der Waals surface area contributed by atoms with Crippen molar-refractivity contribution in [2.75, 3.05) is 17.4 Å². The largest absolute Gasteiger partial charge is 0.354 e. The Morgan fingerprint density at radius 3 is 2.18 bits per heavy atom. The van der Waals surface area contributed by atoms with Crippen LogP contribution in [0.4, 0.5) is 5.69 Å². The Kier molecular flexibility index (Phi) is 12.0. The van der Waals surface area contributed by atoms with E-state index in [4.69, 9.17) is 0 Å². The number of anilines is 1.